The van der Waals surface area contributed by atoms with Crippen LogP contribution in [-0.2, 0) is 9.59 Å². The van der Waals surface area contributed by atoms with Gasteiger partial charge < -0.3 is 14.6 Å². The third kappa shape index (κ3) is 5.89. The maximum absolute atomic E-state index is 12.2. The Balaban J connectivity index is 1.98. The monoisotopic (exact) mass is 378 g/mol. The number of hydrogen-bond acceptors (Lipinski definition) is 6. The molecular weight excluding hydrogens is 360 g/mol. The van der Waals surface area contributed by atoms with Crippen LogP contribution in [0.2, 0.25) is 0 Å². The first-order chi connectivity index (χ1) is 13.4. The first-order valence-electron chi connectivity index (χ1n) is 8.20. The van der Waals surface area contributed by atoms with Crippen LogP contribution in [0.15, 0.2) is 79.4 Å². The predicted molar refractivity (Wildman–Crippen MR) is 104 cm³/mol. The van der Waals surface area contributed by atoms with E-state index in [2.05, 4.69) is 13.2 Å². The number of carbonyl (C=O) groups is 3. The quantitative estimate of drug-likeness (QED) is 0.329. The highest BCUT2D eigenvalue weighted by atomic mass is 16.5. The molecule has 0 atom stereocenters. The van der Waals surface area contributed by atoms with Gasteiger partial charge in [-0.2, -0.15) is 0 Å². The second-order valence-electron chi connectivity index (χ2n) is 5.57. The predicted octanol–water partition coefficient (Wildman–Crippen LogP) is 3.13. The smallest absolute Gasteiger partial charge is 0.341 e. The molecule has 0 aromatic heterocycles. The standard InChI is InChI=1S/C22H18O6/c1-3-21(25)27-18-11-7-17(8-12-18)20(24)13-6-16-4-9-19(10-5-16)28-22(26)15(2)14-23/h3-13,23H,1-2,14H2/b13-6+. The van der Waals surface area contributed by atoms with Crippen LogP contribution in [-0.4, -0.2) is 29.4 Å². The van der Waals surface area contributed by atoms with Crippen molar-refractivity contribution in [3.63, 3.8) is 0 Å². The van der Waals surface area contributed by atoms with Crippen LogP contribution >= 0.6 is 0 Å². The highest BCUT2D eigenvalue weighted by molar-refractivity contribution is 6.06. The number of rotatable bonds is 8. The van der Waals surface area contributed by atoms with Crippen molar-refractivity contribution in [1.82, 2.24) is 0 Å². The summed E-state index contributed by atoms with van der Waals surface area (Å²) in [6, 6.07) is 12.6. The van der Waals surface area contributed by atoms with Crippen molar-refractivity contribution < 1.29 is 29.0 Å². The van der Waals surface area contributed by atoms with Crippen LogP contribution in [0.25, 0.3) is 6.08 Å². The van der Waals surface area contributed by atoms with E-state index in [1.807, 2.05) is 0 Å². The summed E-state index contributed by atoms with van der Waals surface area (Å²) >= 11 is 0. The van der Waals surface area contributed by atoms with Gasteiger partial charge in [-0.05, 0) is 48.0 Å². The summed E-state index contributed by atoms with van der Waals surface area (Å²) < 4.78 is 9.98. The van der Waals surface area contributed by atoms with Crippen LogP contribution < -0.4 is 9.47 Å². The summed E-state index contributed by atoms with van der Waals surface area (Å²) in [6.45, 7) is 6.22. The number of ether oxygens (including phenoxy) is 2. The number of carbonyl (C=O) groups excluding carboxylic acids is 3. The average Bonchev–Trinajstić information content (AvgIpc) is 2.72. The Labute approximate surface area is 162 Å². The zero-order valence-corrected chi connectivity index (χ0v) is 15.0. The normalized spacial score (nSPS) is 10.3. The molecule has 1 N–H and O–H groups in total. The van der Waals surface area contributed by atoms with Gasteiger partial charge in [0, 0.05) is 11.6 Å². The summed E-state index contributed by atoms with van der Waals surface area (Å²) in [5, 5.41) is 8.84. The summed E-state index contributed by atoms with van der Waals surface area (Å²) in [4.78, 5) is 34.9. The van der Waals surface area contributed by atoms with E-state index in [0.717, 1.165) is 11.6 Å². The van der Waals surface area contributed by atoms with Gasteiger partial charge in [-0.25, -0.2) is 9.59 Å². The Morgan fingerprint density at radius 3 is 2.07 bits per heavy atom. The van der Waals surface area contributed by atoms with Gasteiger partial charge in [0.2, 0.25) is 0 Å². The Hall–Kier alpha value is -3.77. The lowest BCUT2D eigenvalue weighted by atomic mass is 10.1. The third-order valence-corrected chi connectivity index (χ3v) is 3.52. The number of aliphatic hydroxyl groups excluding tert-OH is 1. The Morgan fingerprint density at radius 1 is 0.929 bits per heavy atom. The number of allylic oxidation sites excluding steroid dienone is 1. The number of esters is 2. The summed E-state index contributed by atoms with van der Waals surface area (Å²) in [5.41, 5.74) is 1.12. The second-order valence-corrected chi connectivity index (χ2v) is 5.57. The Kier molecular flexibility index (Phi) is 7.19. The lowest BCUT2D eigenvalue weighted by molar-refractivity contribution is -0.131. The molecule has 6 nitrogen and oxygen atoms in total. The zero-order valence-electron chi connectivity index (χ0n) is 15.0. The van der Waals surface area contributed by atoms with Crippen molar-refractivity contribution in [2.24, 2.45) is 0 Å². The molecule has 0 aliphatic carbocycles. The van der Waals surface area contributed by atoms with Gasteiger partial charge in [-0.1, -0.05) is 31.4 Å². The van der Waals surface area contributed by atoms with Gasteiger partial charge >= 0.3 is 11.9 Å². The van der Waals surface area contributed by atoms with Gasteiger partial charge in [-0.15, -0.1) is 0 Å². The minimum absolute atomic E-state index is 0.0418. The molecule has 0 aliphatic rings. The van der Waals surface area contributed by atoms with Crippen LogP contribution in [0.1, 0.15) is 15.9 Å². The van der Waals surface area contributed by atoms with Gasteiger partial charge in [-0.3, -0.25) is 4.79 Å². The molecule has 2 aromatic carbocycles. The zero-order chi connectivity index (χ0) is 20.5. The Bertz CT molecular complexity index is 921. The van der Waals surface area contributed by atoms with Crippen LogP contribution in [0, 0.1) is 0 Å². The molecule has 0 unspecified atom stereocenters. The molecule has 0 fully saturated rings. The molecule has 2 aromatic rings. The van der Waals surface area contributed by atoms with Crippen molar-refractivity contribution in [3.05, 3.63) is 90.5 Å². The maximum Gasteiger partial charge on any atom is 0.341 e. The van der Waals surface area contributed by atoms with Crippen LogP contribution in [0.5, 0.6) is 11.5 Å². The highest BCUT2D eigenvalue weighted by Crippen LogP contribution is 2.16. The molecule has 6 heteroatoms. The first-order valence-corrected chi connectivity index (χ1v) is 8.20. The molecule has 142 valence electrons. The van der Waals surface area contributed by atoms with E-state index < -0.39 is 18.5 Å². The fourth-order valence-corrected chi connectivity index (χ4v) is 2.00. The van der Waals surface area contributed by atoms with Crippen LogP contribution in [0.3, 0.4) is 0 Å². The molecule has 28 heavy (non-hydrogen) atoms. The minimum atomic E-state index is -0.705. The second kappa shape index (κ2) is 9.80. The lowest BCUT2D eigenvalue weighted by Crippen LogP contribution is -2.12. The summed E-state index contributed by atoms with van der Waals surface area (Å²) in [7, 11) is 0. The molecular formula is C22H18O6. The number of hydrogen-bond donors (Lipinski definition) is 1. The van der Waals surface area contributed by atoms with E-state index in [4.69, 9.17) is 14.6 Å². The SMILES string of the molecule is C=CC(=O)Oc1ccc(C(=O)/C=C/c2ccc(OC(=O)C(=C)CO)cc2)cc1. The number of benzene rings is 2. The fraction of sp³-hybridized carbons (Fsp3) is 0.0455. The highest BCUT2D eigenvalue weighted by Gasteiger charge is 2.08. The maximum atomic E-state index is 12.2. The molecule has 0 saturated carbocycles. The van der Waals surface area contributed by atoms with Gasteiger partial charge in [0.05, 0.1) is 12.2 Å². The van der Waals surface area contributed by atoms with E-state index in [1.54, 1.807) is 42.5 Å². The molecule has 0 aliphatic heterocycles. The van der Waals surface area contributed by atoms with Gasteiger partial charge in [0.1, 0.15) is 11.5 Å². The van der Waals surface area contributed by atoms with E-state index in [1.165, 1.54) is 18.2 Å². The summed E-state index contributed by atoms with van der Waals surface area (Å²) in [6.07, 6.45) is 4.07. The first kappa shape index (κ1) is 20.5. The molecule has 0 saturated heterocycles. The molecule has 2 rings (SSSR count). The van der Waals surface area contributed by atoms with E-state index in [9.17, 15) is 14.4 Å². The molecule has 0 radical (unpaired) electrons. The lowest BCUT2D eigenvalue weighted by Gasteiger charge is -2.05. The summed E-state index contributed by atoms with van der Waals surface area (Å²) in [5.74, 6) is -0.888. The van der Waals surface area contributed by atoms with Crippen molar-refractivity contribution in [1.29, 1.82) is 0 Å². The van der Waals surface area contributed by atoms with Crippen molar-refractivity contribution in [2.75, 3.05) is 6.61 Å². The third-order valence-electron chi connectivity index (χ3n) is 3.52. The Morgan fingerprint density at radius 2 is 1.50 bits per heavy atom. The van der Waals surface area contributed by atoms with Crippen molar-refractivity contribution in [3.8, 4) is 11.5 Å². The van der Waals surface area contributed by atoms with Crippen LogP contribution in [0.4, 0.5) is 0 Å². The van der Waals surface area contributed by atoms with Crippen molar-refractivity contribution in [2.45, 2.75) is 0 Å². The molecule has 0 amide bonds. The topological polar surface area (TPSA) is 89.9 Å². The van der Waals surface area contributed by atoms with E-state index in [0.29, 0.717) is 17.1 Å². The van der Waals surface area contributed by atoms with Gasteiger partial charge in [0.15, 0.2) is 5.78 Å². The largest absolute Gasteiger partial charge is 0.423 e. The van der Waals surface area contributed by atoms with E-state index in [-0.39, 0.29) is 11.4 Å². The average molecular weight is 378 g/mol. The molecule has 0 spiro atoms. The van der Waals surface area contributed by atoms with Gasteiger partial charge in [0.25, 0.3) is 0 Å². The molecule has 0 heterocycles. The molecule has 0 bridgehead atoms. The number of aliphatic hydroxyl groups is 1. The number of ketones is 1. The minimum Gasteiger partial charge on any atom is -0.423 e. The van der Waals surface area contributed by atoms with E-state index >= 15 is 0 Å². The fourth-order valence-electron chi connectivity index (χ4n) is 2.00. The van der Waals surface area contributed by atoms with Crippen molar-refractivity contribution >= 4 is 23.8 Å².